The SMILES string of the molecule is CC(C)(C)C(C)(C(=O)O)P(=O)(O)O. The fraction of sp³-hybridized carbons (Fsp3) is 0.857. The monoisotopic (exact) mass is 210 g/mol. The third-order valence-electron chi connectivity index (χ3n) is 2.46. The summed E-state index contributed by atoms with van der Waals surface area (Å²) in [5, 5.41) is 6.77. The molecule has 0 amide bonds. The van der Waals surface area contributed by atoms with Gasteiger partial charge in [-0.1, -0.05) is 20.8 Å². The summed E-state index contributed by atoms with van der Waals surface area (Å²) in [4.78, 5) is 28.8. The largest absolute Gasteiger partial charge is 0.480 e. The van der Waals surface area contributed by atoms with Crippen LogP contribution in [0.25, 0.3) is 0 Å². The molecule has 0 saturated heterocycles. The second-order valence-electron chi connectivity index (χ2n) is 4.17. The van der Waals surface area contributed by atoms with Gasteiger partial charge in [-0.15, -0.1) is 0 Å². The second-order valence-corrected chi connectivity index (χ2v) is 6.15. The summed E-state index contributed by atoms with van der Waals surface area (Å²) in [5.74, 6) is -1.48. The van der Waals surface area contributed by atoms with Gasteiger partial charge >= 0.3 is 13.6 Å². The minimum absolute atomic E-state index is 1.00. The topological polar surface area (TPSA) is 94.8 Å². The van der Waals surface area contributed by atoms with Crippen molar-refractivity contribution < 1.29 is 24.3 Å². The van der Waals surface area contributed by atoms with Crippen molar-refractivity contribution in [3.63, 3.8) is 0 Å². The van der Waals surface area contributed by atoms with E-state index in [1.807, 2.05) is 0 Å². The van der Waals surface area contributed by atoms with Crippen LogP contribution in [0.5, 0.6) is 0 Å². The third kappa shape index (κ3) is 1.93. The highest BCUT2D eigenvalue weighted by atomic mass is 31.2. The Kier molecular flexibility index (Phi) is 2.99. The molecule has 5 nitrogen and oxygen atoms in total. The van der Waals surface area contributed by atoms with Crippen molar-refractivity contribution in [1.29, 1.82) is 0 Å². The number of carboxylic acids is 1. The van der Waals surface area contributed by atoms with Gasteiger partial charge in [0.05, 0.1) is 0 Å². The van der Waals surface area contributed by atoms with Crippen LogP contribution in [0.2, 0.25) is 0 Å². The van der Waals surface area contributed by atoms with Gasteiger partial charge in [0.2, 0.25) is 0 Å². The average Bonchev–Trinajstić information content (AvgIpc) is 1.80. The number of hydrogen-bond donors (Lipinski definition) is 3. The van der Waals surface area contributed by atoms with E-state index in [1.165, 1.54) is 20.8 Å². The fourth-order valence-corrected chi connectivity index (χ4v) is 2.01. The zero-order valence-electron chi connectivity index (χ0n) is 8.11. The molecule has 78 valence electrons. The highest BCUT2D eigenvalue weighted by Crippen LogP contribution is 2.58. The fourth-order valence-electron chi connectivity index (χ4n) is 0.882. The van der Waals surface area contributed by atoms with Crippen molar-refractivity contribution >= 4 is 13.6 Å². The van der Waals surface area contributed by atoms with Crippen LogP contribution in [0, 0.1) is 5.41 Å². The Balaban J connectivity index is 5.49. The Bertz CT molecular complexity index is 261. The quantitative estimate of drug-likeness (QED) is 0.592. The van der Waals surface area contributed by atoms with Crippen molar-refractivity contribution in [2.75, 3.05) is 0 Å². The van der Waals surface area contributed by atoms with Gasteiger partial charge in [-0.2, -0.15) is 0 Å². The maximum Gasteiger partial charge on any atom is 0.343 e. The molecular formula is C7H15O5P. The lowest BCUT2D eigenvalue weighted by Gasteiger charge is -2.37. The van der Waals surface area contributed by atoms with Gasteiger partial charge in [0.1, 0.15) is 0 Å². The Labute approximate surface area is 76.9 Å². The molecule has 13 heavy (non-hydrogen) atoms. The first-order chi connectivity index (χ1) is 5.44. The van der Waals surface area contributed by atoms with Crippen LogP contribution in [0.4, 0.5) is 0 Å². The van der Waals surface area contributed by atoms with Gasteiger partial charge in [-0.3, -0.25) is 9.36 Å². The number of carbonyl (C=O) groups is 1. The van der Waals surface area contributed by atoms with Gasteiger partial charge in [0.25, 0.3) is 0 Å². The van der Waals surface area contributed by atoms with Gasteiger partial charge in [-0.05, 0) is 12.3 Å². The molecule has 0 bridgehead atoms. The van der Waals surface area contributed by atoms with Crippen LogP contribution in [0.15, 0.2) is 0 Å². The molecule has 1 unspecified atom stereocenters. The number of hydrogen-bond acceptors (Lipinski definition) is 2. The van der Waals surface area contributed by atoms with Gasteiger partial charge in [0, 0.05) is 0 Å². The number of carboxylic acid groups (broad SMARTS) is 1. The predicted molar refractivity (Wildman–Crippen MR) is 47.5 cm³/mol. The summed E-state index contributed by atoms with van der Waals surface area (Å²) in [6.07, 6.45) is 0. The summed E-state index contributed by atoms with van der Waals surface area (Å²) in [6, 6.07) is 0. The van der Waals surface area contributed by atoms with Crippen LogP contribution in [0.3, 0.4) is 0 Å². The molecule has 0 aliphatic heterocycles. The van der Waals surface area contributed by atoms with Gasteiger partial charge < -0.3 is 14.9 Å². The van der Waals surface area contributed by atoms with Crippen LogP contribution in [-0.2, 0) is 9.36 Å². The summed E-state index contributed by atoms with van der Waals surface area (Å²) in [6.45, 7) is 5.52. The minimum Gasteiger partial charge on any atom is -0.480 e. The Hall–Kier alpha value is -0.380. The molecule has 0 rings (SSSR count). The predicted octanol–water partition coefficient (Wildman–Crippen LogP) is 1.05. The number of rotatable bonds is 2. The van der Waals surface area contributed by atoms with Crippen molar-refractivity contribution in [3.05, 3.63) is 0 Å². The van der Waals surface area contributed by atoms with Crippen LogP contribution >= 0.6 is 7.60 Å². The first kappa shape index (κ1) is 12.6. The summed E-state index contributed by atoms with van der Waals surface area (Å²) in [5.41, 5.74) is -1.00. The first-order valence-electron chi connectivity index (χ1n) is 3.73. The molecule has 0 aliphatic carbocycles. The maximum absolute atomic E-state index is 11.1. The van der Waals surface area contributed by atoms with Gasteiger partial charge in [0.15, 0.2) is 5.16 Å². The minimum atomic E-state index is -4.66. The average molecular weight is 210 g/mol. The molecule has 0 radical (unpaired) electrons. The maximum atomic E-state index is 11.1. The van der Waals surface area contributed by atoms with E-state index in [4.69, 9.17) is 14.9 Å². The smallest absolute Gasteiger partial charge is 0.343 e. The molecule has 0 aromatic heterocycles. The first-order valence-corrected chi connectivity index (χ1v) is 5.35. The molecule has 0 aliphatic rings. The lowest BCUT2D eigenvalue weighted by molar-refractivity contribution is -0.143. The summed E-state index contributed by atoms with van der Waals surface area (Å²) in [7, 11) is -4.66. The zero-order chi connectivity index (χ0) is 11.1. The summed E-state index contributed by atoms with van der Waals surface area (Å²) < 4.78 is 11.1. The molecule has 0 spiro atoms. The molecule has 0 fully saturated rings. The molecule has 0 aromatic carbocycles. The van der Waals surface area contributed by atoms with Crippen LogP contribution in [0.1, 0.15) is 27.7 Å². The van der Waals surface area contributed by atoms with Crippen LogP contribution < -0.4 is 0 Å². The Morgan fingerprint density at radius 3 is 1.46 bits per heavy atom. The van der Waals surface area contributed by atoms with Gasteiger partial charge in [-0.25, -0.2) is 0 Å². The van der Waals surface area contributed by atoms with E-state index in [0.29, 0.717) is 0 Å². The van der Waals surface area contributed by atoms with Crippen LogP contribution in [-0.4, -0.2) is 26.0 Å². The highest BCUT2D eigenvalue weighted by molar-refractivity contribution is 7.54. The molecular weight excluding hydrogens is 195 g/mol. The second kappa shape index (κ2) is 3.08. The van der Waals surface area contributed by atoms with E-state index in [1.54, 1.807) is 0 Å². The van der Waals surface area contributed by atoms with E-state index in [0.717, 1.165) is 6.92 Å². The molecule has 3 N–H and O–H groups in total. The molecule has 6 heteroatoms. The Morgan fingerprint density at radius 1 is 1.15 bits per heavy atom. The normalized spacial score (nSPS) is 18.0. The van der Waals surface area contributed by atoms with E-state index < -0.39 is 24.1 Å². The molecule has 0 aromatic rings. The third-order valence-corrected chi connectivity index (χ3v) is 4.49. The van der Waals surface area contributed by atoms with E-state index in [9.17, 15) is 9.36 Å². The Morgan fingerprint density at radius 2 is 1.46 bits per heavy atom. The van der Waals surface area contributed by atoms with Crippen molar-refractivity contribution in [2.24, 2.45) is 5.41 Å². The van der Waals surface area contributed by atoms with Crippen molar-refractivity contribution in [1.82, 2.24) is 0 Å². The lowest BCUT2D eigenvalue weighted by atomic mass is 9.81. The van der Waals surface area contributed by atoms with Crippen molar-refractivity contribution in [3.8, 4) is 0 Å². The standard InChI is InChI=1S/C7H15O5P/c1-6(2,3)7(4,5(8)9)13(10,11)12/h1-4H3,(H,8,9)(H2,10,11,12). The summed E-state index contributed by atoms with van der Waals surface area (Å²) >= 11 is 0. The zero-order valence-corrected chi connectivity index (χ0v) is 9.00. The number of aliphatic carboxylic acids is 1. The lowest BCUT2D eigenvalue weighted by Crippen LogP contribution is -2.46. The molecule has 0 heterocycles. The molecule has 1 atom stereocenters. The molecule has 0 saturated carbocycles. The van der Waals surface area contributed by atoms with E-state index in [-0.39, 0.29) is 0 Å². The van der Waals surface area contributed by atoms with Crippen molar-refractivity contribution in [2.45, 2.75) is 32.9 Å². The van der Waals surface area contributed by atoms with E-state index >= 15 is 0 Å². The van der Waals surface area contributed by atoms with E-state index in [2.05, 4.69) is 0 Å². The highest BCUT2D eigenvalue weighted by Gasteiger charge is 2.57.